The zero-order valence-electron chi connectivity index (χ0n) is 11.8. The molecule has 0 aliphatic rings. The Hall–Kier alpha value is -1.95. The Morgan fingerprint density at radius 1 is 1.45 bits per heavy atom. The molecule has 1 aromatic heterocycles. The van der Waals surface area contributed by atoms with Gasteiger partial charge in [0.25, 0.3) is 5.91 Å². The maximum atomic E-state index is 12.0. The average molecular weight is 276 g/mol. The van der Waals surface area contributed by atoms with Crippen LogP contribution in [0.5, 0.6) is 0 Å². The summed E-state index contributed by atoms with van der Waals surface area (Å²) in [5.74, 6) is -0.152. The molecule has 1 heterocycles. The van der Waals surface area contributed by atoms with Crippen molar-refractivity contribution in [3.8, 4) is 0 Å². The third kappa shape index (κ3) is 3.14. The molecule has 20 heavy (non-hydrogen) atoms. The van der Waals surface area contributed by atoms with Gasteiger partial charge in [0.2, 0.25) is 0 Å². The van der Waals surface area contributed by atoms with E-state index >= 15 is 0 Å². The van der Waals surface area contributed by atoms with Crippen LogP contribution in [0.15, 0.2) is 18.2 Å². The number of fused-ring (bicyclic) bond motifs is 1. The van der Waals surface area contributed by atoms with Gasteiger partial charge in [-0.1, -0.05) is 12.1 Å². The number of aliphatic hydroxyl groups excluding tert-OH is 1. The highest BCUT2D eigenvalue weighted by Gasteiger charge is 2.10. The minimum Gasteiger partial charge on any atom is -0.393 e. The molecule has 0 saturated carbocycles. The maximum absolute atomic E-state index is 12.0. The van der Waals surface area contributed by atoms with Crippen molar-refractivity contribution in [2.45, 2.75) is 39.3 Å². The molecular weight excluding hydrogens is 256 g/mol. The van der Waals surface area contributed by atoms with E-state index in [4.69, 9.17) is 0 Å². The van der Waals surface area contributed by atoms with E-state index in [1.54, 1.807) is 16.8 Å². The van der Waals surface area contributed by atoms with Crippen molar-refractivity contribution in [2.24, 2.45) is 0 Å². The van der Waals surface area contributed by atoms with Gasteiger partial charge in [-0.3, -0.25) is 4.79 Å². The molecular formula is C14H20N4O2. The van der Waals surface area contributed by atoms with Crippen LogP contribution >= 0.6 is 0 Å². The van der Waals surface area contributed by atoms with Gasteiger partial charge in [-0.15, -0.1) is 5.10 Å². The number of amides is 1. The van der Waals surface area contributed by atoms with E-state index in [9.17, 15) is 9.90 Å². The van der Waals surface area contributed by atoms with Crippen molar-refractivity contribution in [3.05, 3.63) is 23.8 Å². The van der Waals surface area contributed by atoms with Gasteiger partial charge >= 0.3 is 0 Å². The minimum absolute atomic E-state index is 0.152. The van der Waals surface area contributed by atoms with E-state index in [0.29, 0.717) is 30.5 Å². The highest BCUT2D eigenvalue weighted by atomic mass is 16.3. The number of carbonyl (C=O) groups is 1. The Kier molecular flexibility index (Phi) is 4.68. The van der Waals surface area contributed by atoms with Gasteiger partial charge in [0.15, 0.2) is 0 Å². The molecule has 2 N–H and O–H groups in total. The van der Waals surface area contributed by atoms with Gasteiger partial charge in [0.1, 0.15) is 5.52 Å². The van der Waals surface area contributed by atoms with Gasteiger partial charge in [0, 0.05) is 18.7 Å². The van der Waals surface area contributed by atoms with Crippen LogP contribution in [0.1, 0.15) is 37.0 Å². The van der Waals surface area contributed by atoms with Crippen LogP contribution in [-0.4, -0.2) is 38.7 Å². The van der Waals surface area contributed by atoms with Crippen molar-refractivity contribution < 1.29 is 9.90 Å². The summed E-state index contributed by atoms with van der Waals surface area (Å²) < 4.78 is 1.79. The number of nitrogens with one attached hydrogen (secondary N) is 1. The Labute approximate surface area is 117 Å². The standard InChI is InChI=1S/C14H20N4O2/c1-3-11(19)7-8-15-14(20)10-5-6-13-12(9-10)16-17-18(13)4-2/h5-6,9,11,19H,3-4,7-8H2,1-2H3,(H,15,20). The molecule has 1 unspecified atom stereocenters. The van der Waals surface area contributed by atoms with Crippen LogP contribution in [0.2, 0.25) is 0 Å². The molecule has 0 aliphatic heterocycles. The van der Waals surface area contributed by atoms with Gasteiger partial charge in [-0.05, 0) is 38.0 Å². The number of hydrogen-bond donors (Lipinski definition) is 2. The van der Waals surface area contributed by atoms with Gasteiger partial charge in [-0.2, -0.15) is 0 Å². The molecule has 2 rings (SSSR count). The Morgan fingerprint density at radius 2 is 2.25 bits per heavy atom. The number of aryl methyl sites for hydroxylation is 1. The van der Waals surface area contributed by atoms with E-state index in [1.807, 2.05) is 19.9 Å². The lowest BCUT2D eigenvalue weighted by Crippen LogP contribution is -2.26. The van der Waals surface area contributed by atoms with Crippen LogP contribution in [0, 0.1) is 0 Å². The normalized spacial score (nSPS) is 12.6. The molecule has 2 aromatic rings. The van der Waals surface area contributed by atoms with Crippen LogP contribution in [0.3, 0.4) is 0 Å². The fourth-order valence-corrected chi connectivity index (χ4v) is 2.01. The molecule has 6 heteroatoms. The Bertz CT molecular complexity index is 594. The third-order valence-corrected chi connectivity index (χ3v) is 3.31. The molecule has 108 valence electrons. The van der Waals surface area contributed by atoms with Crippen LogP contribution < -0.4 is 5.32 Å². The SMILES string of the molecule is CCC(O)CCNC(=O)c1ccc2c(c1)nnn2CC. The third-order valence-electron chi connectivity index (χ3n) is 3.31. The highest BCUT2D eigenvalue weighted by molar-refractivity contribution is 5.97. The zero-order valence-corrected chi connectivity index (χ0v) is 11.8. The molecule has 0 spiro atoms. The number of hydrogen-bond acceptors (Lipinski definition) is 4. The molecule has 0 saturated heterocycles. The van der Waals surface area contributed by atoms with Crippen LogP contribution in [-0.2, 0) is 6.54 Å². The number of benzene rings is 1. The summed E-state index contributed by atoms with van der Waals surface area (Å²) in [5.41, 5.74) is 2.20. The van der Waals surface area contributed by atoms with Crippen molar-refractivity contribution in [1.29, 1.82) is 0 Å². The predicted octanol–water partition coefficient (Wildman–Crippen LogP) is 1.34. The predicted molar refractivity (Wildman–Crippen MR) is 76.5 cm³/mol. The largest absolute Gasteiger partial charge is 0.393 e. The van der Waals surface area contributed by atoms with E-state index in [1.165, 1.54) is 0 Å². The first-order valence-corrected chi connectivity index (χ1v) is 6.95. The highest BCUT2D eigenvalue weighted by Crippen LogP contribution is 2.13. The number of aromatic nitrogens is 3. The monoisotopic (exact) mass is 276 g/mol. The number of carbonyl (C=O) groups excluding carboxylic acids is 1. The summed E-state index contributed by atoms with van der Waals surface area (Å²) in [6.45, 7) is 5.12. The van der Waals surface area contributed by atoms with E-state index in [2.05, 4.69) is 15.6 Å². The summed E-state index contributed by atoms with van der Waals surface area (Å²) in [7, 11) is 0. The Balaban J connectivity index is 2.03. The van der Waals surface area contributed by atoms with Gasteiger partial charge < -0.3 is 10.4 Å². The smallest absolute Gasteiger partial charge is 0.251 e. The lowest BCUT2D eigenvalue weighted by atomic mass is 10.1. The van der Waals surface area contributed by atoms with E-state index in [0.717, 1.165) is 12.1 Å². The lowest BCUT2D eigenvalue weighted by molar-refractivity contribution is 0.0942. The quantitative estimate of drug-likeness (QED) is 0.834. The zero-order chi connectivity index (χ0) is 14.5. The van der Waals surface area contributed by atoms with Crippen LogP contribution in [0.25, 0.3) is 11.0 Å². The second-order valence-corrected chi connectivity index (χ2v) is 4.72. The summed E-state index contributed by atoms with van der Waals surface area (Å²) >= 11 is 0. The first-order chi connectivity index (χ1) is 9.65. The maximum Gasteiger partial charge on any atom is 0.251 e. The molecule has 0 aliphatic carbocycles. The second kappa shape index (κ2) is 6.47. The van der Waals surface area contributed by atoms with Gasteiger partial charge in [-0.25, -0.2) is 4.68 Å². The van der Waals surface area contributed by atoms with Crippen LogP contribution in [0.4, 0.5) is 0 Å². The molecule has 1 amide bonds. The molecule has 1 atom stereocenters. The molecule has 0 radical (unpaired) electrons. The lowest BCUT2D eigenvalue weighted by Gasteiger charge is -2.08. The summed E-state index contributed by atoms with van der Waals surface area (Å²) in [4.78, 5) is 12.0. The van der Waals surface area contributed by atoms with E-state index in [-0.39, 0.29) is 12.0 Å². The topological polar surface area (TPSA) is 80.0 Å². The average Bonchev–Trinajstić information content (AvgIpc) is 2.88. The summed E-state index contributed by atoms with van der Waals surface area (Å²) in [5, 5.41) is 20.3. The van der Waals surface area contributed by atoms with Crippen molar-refractivity contribution in [3.63, 3.8) is 0 Å². The molecule has 0 fully saturated rings. The molecule has 0 bridgehead atoms. The number of nitrogens with zero attached hydrogens (tertiary/aromatic N) is 3. The fourth-order valence-electron chi connectivity index (χ4n) is 2.01. The number of aliphatic hydroxyl groups is 1. The van der Waals surface area contributed by atoms with E-state index < -0.39 is 0 Å². The fraction of sp³-hybridized carbons (Fsp3) is 0.500. The van der Waals surface area contributed by atoms with Crippen molar-refractivity contribution in [2.75, 3.05) is 6.54 Å². The first-order valence-electron chi connectivity index (χ1n) is 6.95. The summed E-state index contributed by atoms with van der Waals surface area (Å²) in [6.07, 6.45) is 0.903. The van der Waals surface area contributed by atoms with Crippen molar-refractivity contribution in [1.82, 2.24) is 20.3 Å². The summed E-state index contributed by atoms with van der Waals surface area (Å²) in [6, 6.07) is 5.36. The second-order valence-electron chi connectivity index (χ2n) is 4.72. The van der Waals surface area contributed by atoms with Gasteiger partial charge in [0.05, 0.1) is 11.6 Å². The van der Waals surface area contributed by atoms with Crippen molar-refractivity contribution >= 4 is 16.9 Å². The Morgan fingerprint density at radius 3 is 2.95 bits per heavy atom. The minimum atomic E-state index is -0.359. The number of rotatable bonds is 6. The molecule has 1 aromatic carbocycles. The first kappa shape index (κ1) is 14.5. The molecule has 6 nitrogen and oxygen atoms in total.